The second-order valence-corrected chi connectivity index (χ2v) is 8.82. The summed E-state index contributed by atoms with van der Waals surface area (Å²) in [6, 6.07) is 1.92. The van der Waals surface area contributed by atoms with Gasteiger partial charge in [0.2, 0.25) is 11.9 Å². The van der Waals surface area contributed by atoms with Crippen LogP contribution in [0.5, 0.6) is 0 Å². The summed E-state index contributed by atoms with van der Waals surface area (Å²) in [4.78, 5) is 28.1. The van der Waals surface area contributed by atoms with Crippen molar-refractivity contribution in [1.82, 2.24) is 14.9 Å². The zero-order valence-corrected chi connectivity index (χ0v) is 17.0. The summed E-state index contributed by atoms with van der Waals surface area (Å²) in [5.41, 5.74) is 1.37. The zero-order valence-electron chi connectivity index (χ0n) is 17.0. The Kier molecular flexibility index (Phi) is 5.27. The van der Waals surface area contributed by atoms with Crippen molar-refractivity contribution in [3.05, 3.63) is 23.9 Å². The molecule has 4 rings (SSSR count). The van der Waals surface area contributed by atoms with Gasteiger partial charge in [0.25, 0.3) is 0 Å². The predicted octanol–water partition coefficient (Wildman–Crippen LogP) is 1.83. The van der Waals surface area contributed by atoms with Crippen molar-refractivity contribution >= 4 is 17.7 Å². The number of carbonyl (C=O) groups excluding carboxylic acids is 1. The minimum absolute atomic E-state index is 0.111. The summed E-state index contributed by atoms with van der Waals surface area (Å²) in [5, 5.41) is 9.78. The number of likely N-dealkylation sites (tertiary alicyclic amines) is 1. The number of hydrogen-bond donors (Lipinski definition) is 1. The van der Waals surface area contributed by atoms with Gasteiger partial charge in [0.05, 0.1) is 6.10 Å². The number of hydrogen-bond acceptors (Lipinski definition) is 6. The lowest BCUT2D eigenvalue weighted by Crippen LogP contribution is -2.42. The molecule has 4 heterocycles. The molecule has 7 heteroatoms. The molecule has 1 aromatic heterocycles. The predicted molar refractivity (Wildman–Crippen MR) is 109 cm³/mol. The summed E-state index contributed by atoms with van der Waals surface area (Å²) in [6.07, 6.45) is 7.16. The van der Waals surface area contributed by atoms with Gasteiger partial charge in [0.1, 0.15) is 5.82 Å². The van der Waals surface area contributed by atoms with Gasteiger partial charge >= 0.3 is 0 Å². The molecule has 0 aliphatic carbocycles. The molecule has 3 saturated heterocycles. The molecule has 0 bridgehead atoms. The molecule has 28 heavy (non-hydrogen) atoms. The molecule has 1 unspecified atom stereocenters. The molecule has 1 aromatic rings. The van der Waals surface area contributed by atoms with Gasteiger partial charge in [-0.25, -0.2) is 4.98 Å². The van der Waals surface area contributed by atoms with E-state index < -0.39 is 0 Å². The summed E-state index contributed by atoms with van der Waals surface area (Å²) in [5.74, 6) is 1.95. The number of carbonyl (C=O) groups is 1. The monoisotopic (exact) mass is 385 g/mol. The minimum Gasteiger partial charge on any atom is -0.391 e. The van der Waals surface area contributed by atoms with Gasteiger partial charge in [-0.1, -0.05) is 11.6 Å². The van der Waals surface area contributed by atoms with Crippen molar-refractivity contribution in [2.75, 3.05) is 49.1 Å². The van der Waals surface area contributed by atoms with Gasteiger partial charge in [-0.05, 0) is 39.2 Å². The molecule has 3 aliphatic rings. The van der Waals surface area contributed by atoms with Crippen molar-refractivity contribution in [2.24, 2.45) is 5.41 Å². The Hall–Kier alpha value is -2.15. The highest BCUT2D eigenvalue weighted by molar-refractivity contribution is 5.79. The van der Waals surface area contributed by atoms with E-state index in [1.165, 1.54) is 5.57 Å². The third-order valence-electron chi connectivity index (χ3n) is 6.35. The fourth-order valence-corrected chi connectivity index (χ4v) is 4.57. The first-order valence-corrected chi connectivity index (χ1v) is 10.4. The average Bonchev–Trinajstić information content (AvgIpc) is 3.24. The number of rotatable bonds is 4. The van der Waals surface area contributed by atoms with Gasteiger partial charge in [0, 0.05) is 57.3 Å². The Morgan fingerprint density at radius 2 is 2.07 bits per heavy atom. The van der Waals surface area contributed by atoms with E-state index in [4.69, 9.17) is 4.98 Å². The van der Waals surface area contributed by atoms with Crippen LogP contribution in [0.4, 0.5) is 11.8 Å². The lowest BCUT2D eigenvalue weighted by atomic mass is 9.77. The second kappa shape index (κ2) is 7.70. The molecular formula is C21H31N5O2. The number of nitrogens with zero attached hydrogens (tertiary/aromatic N) is 5. The summed E-state index contributed by atoms with van der Waals surface area (Å²) in [6.45, 7) is 9.01. The number of piperidine rings is 1. The van der Waals surface area contributed by atoms with E-state index in [2.05, 4.69) is 34.7 Å². The number of aliphatic hydroxyl groups is 1. The highest BCUT2D eigenvalue weighted by Gasteiger charge is 2.44. The normalized spacial score (nSPS) is 24.3. The maximum Gasteiger partial charge on any atom is 0.227 e. The van der Waals surface area contributed by atoms with Crippen molar-refractivity contribution in [1.29, 1.82) is 0 Å². The van der Waals surface area contributed by atoms with Crippen LogP contribution >= 0.6 is 0 Å². The molecule has 3 aliphatic heterocycles. The Bertz CT molecular complexity index is 753. The molecule has 3 fully saturated rings. The van der Waals surface area contributed by atoms with Crippen LogP contribution in [-0.4, -0.2) is 71.3 Å². The molecule has 0 aromatic carbocycles. The smallest absolute Gasteiger partial charge is 0.227 e. The molecular weight excluding hydrogens is 354 g/mol. The number of aromatic nitrogens is 2. The highest BCUT2D eigenvalue weighted by atomic mass is 16.3. The van der Waals surface area contributed by atoms with Crippen LogP contribution in [0.25, 0.3) is 0 Å². The van der Waals surface area contributed by atoms with Crippen molar-refractivity contribution < 1.29 is 9.90 Å². The number of amides is 1. The molecule has 1 N–H and O–H groups in total. The molecule has 0 saturated carbocycles. The molecule has 152 valence electrons. The van der Waals surface area contributed by atoms with Gasteiger partial charge in [-0.2, -0.15) is 4.98 Å². The zero-order chi connectivity index (χ0) is 19.7. The first-order chi connectivity index (χ1) is 13.4. The van der Waals surface area contributed by atoms with Crippen LogP contribution in [0.1, 0.15) is 39.5 Å². The summed E-state index contributed by atoms with van der Waals surface area (Å²) >= 11 is 0. The Balaban J connectivity index is 1.38. The third kappa shape index (κ3) is 3.99. The van der Waals surface area contributed by atoms with E-state index >= 15 is 0 Å². The lowest BCUT2D eigenvalue weighted by molar-refractivity contribution is -0.127. The summed E-state index contributed by atoms with van der Waals surface area (Å²) < 4.78 is 0. The topological polar surface area (TPSA) is 72.8 Å². The number of allylic oxidation sites excluding steroid dienone is 1. The maximum atomic E-state index is 12.5. The number of β-amino-alcohol motifs (C(OH)–C–C–N with tert-alkyl or cyclic N) is 1. The molecule has 0 radical (unpaired) electrons. The molecule has 1 atom stereocenters. The van der Waals surface area contributed by atoms with Gasteiger partial charge in [-0.15, -0.1) is 0 Å². The second-order valence-electron chi connectivity index (χ2n) is 8.82. The van der Waals surface area contributed by atoms with Gasteiger partial charge in [0.15, 0.2) is 0 Å². The van der Waals surface area contributed by atoms with Gasteiger partial charge < -0.3 is 19.8 Å². The van der Waals surface area contributed by atoms with Crippen LogP contribution in [0, 0.1) is 5.41 Å². The molecule has 1 amide bonds. The lowest BCUT2D eigenvalue weighted by Gasteiger charge is -2.38. The molecule has 7 nitrogen and oxygen atoms in total. The number of aliphatic hydroxyl groups excluding tert-OH is 1. The Morgan fingerprint density at radius 1 is 1.29 bits per heavy atom. The van der Waals surface area contributed by atoms with Crippen molar-refractivity contribution in [3.63, 3.8) is 0 Å². The fourth-order valence-electron chi connectivity index (χ4n) is 4.57. The van der Waals surface area contributed by atoms with Crippen molar-refractivity contribution in [3.8, 4) is 0 Å². The number of anilines is 2. The maximum absolute atomic E-state index is 12.5. The van der Waals surface area contributed by atoms with Crippen LogP contribution in [0.3, 0.4) is 0 Å². The standard InChI is InChI=1S/C21H31N5O2/c1-16(2)4-9-26-15-21(13-19(26)28)6-11-24(12-7-21)20-22-8-3-18(23-20)25-10-5-17(27)14-25/h3-4,8,17,27H,5-7,9-15H2,1-2H3. The summed E-state index contributed by atoms with van der Waals surface area (Å²) in [7, 11) is 0. The SMILES string of the molecule is CC(C)=CCN1CC2(CCN(c3nccc(N4CCC(O)C4)n3)CC2)CC1=O. The largest absolute Gasteiger partial charge is 0.391 e. The third-order valence-corrected chi connectivity index (χ3v) is 6.35. The van der Waals surface area contributed by atoms with E-state index in [1.807, 2.05) is 17.2 Å². The van der Waals surface area contributed by atoms with Crippen LogP contribution < -0.4 is 9.80 Å². The van der Waals surface area contributed by atoms with Crippen LogP contribution in [0.2, 0.25) is 0 Å². The van der Waals surface area contributed by atoms with E-state index in [0.717, 1.165) is 63.8 Å². The Morgan fingerprint density at radius 3 is 2.75 bits per heavy atom. The van der Waals surface area contributed by atoms with E-state index in [9.17, 15) is 9.90 Å². The Labute approximate surface area is 167 Å². The quantitative estimate of drug-likeness (QED) is 0.798. The van der Waals surface area contributed by atoms with Crippen molar-refractivity contribution in [2.45, 2.75) is 45.6 Å². The molecule has 1 spiro atoms. The average molecular weight is 386 g/mol. The minimum atomic E-state index is -0.262. The van der Waals surface area contributed by atoms with E-state index in [-0.39, 0.29) is 17.4 Å². The van der Waals surface area contributed by atoms with E-state index in [0.29, 0.717) is 13.0 Å². The van der Waals surface area contributed by atoms with Crippen LogP contribution in [-0.2, 0) is 4.79 Å². The van der Waals surface area contributed by atoms with E-state index in [1.54, 1.807) is 0 Å². The fraction of sp³-hybridized carbons (Fsp3) is 0.667. The first-order valence-electron chi connectivity index (χ1n) is 10.4. The first kappa shape index (κ1) is 19.2. The highest BCUT2D eigenvalue weighted by Crippen LogP contribution is 2.41. The van der Waals surface area contributed by atoms with Gasteiger partial charge in [-0.3, -0.25) is 4.79 Å². The van der Waals surface area contributed by atoms with Crippen LogP contribution in [0.15, 0.2) is 23.9 Å².